The number of benzene rings is 1. The fourth-order valence-electron chi connectivity index (χ4n) is 3.51. The van der Waals surface area contributed by atoms with Crippen LogP contribution in [0.5, 0.6) is 0 Å². The number of aliphatic imine (C=N–C) groups is 1. The Labute approximate surface area is 161 Å². The van der Waals surface area contributed by atoms with Gasteiger partial charge in [-0.25, -0.2) is 4.39 Å². The Morgan fingerprint density at radius 1 is 1.36 bits per heavy atom. The van der Waals surface area contributed by atoms with Crippen LogP contribution in [0.4, 0.5) is 17.6 Å². The maximum Gasteiger partial charge on any atom is 0.401 e. The molecule has 2 aromatic rings. The molecule has 1 aliphatic heterocycles. The molecule has 1 atom stereocenters. The van der Waals surface area contributed by atoms with Gasteiger partial charge in [-0.3, -0.25) is 9.89 Å². The normalized spacial score (nSPS) is 18.8. The van der Waals surface area contributed by atoms with E-state index in [1.54, 1.807) is 6.07 Å². The molecule has 0 spiro atoms. The van der Waals surface area contributed by atoms with Crippen molar-refractivity contribution in [2.45, 2.75) is 32.0 Å². The van der Waals surface area contributed by atoms with Gasteiger partial charge >= 0.3 is 6.18 Å². The van der Waals surface area contributed by atoms with Crippen molar-refractivity contribution in [2.24, 2.45) is 4.99 Å². The maximum atomic E-state index is 13.3. The fourth-order valence-corrected chi connectivity index (χ4v) is 3.51. The number of fused-ring (bicyclic) bond motifs is 1. The van der Waals surface area contributed by atoms with E-state index >= 15 is 0 Å². The van der Waals surface area contributed by atoms with Gasteiger partial charge in [-0.1, -0.05) is 0 Å². The molecule has 2 heterocycles. The molecule has 0 radical (unpaired) electrons. The average molecular weight is 399 g/mol. The second-order valence-electron chi connectivity index (χ2n) is 6.99. The van der Waals surface area contributed by atoms with Crippen LogP contribution >= 0.6 is 0 Å². The first-order valence-electron chi connectivity index (χ1n) is 9.43. The van der Waals surface area contributed by atoms with Crippen molar-refractivity contribution < 1.29 is 17.6 Å². The van der Waals surface area contributed by atoms with Crippen LogP contribution < -0.4 is 10.6 Å². The number of aromatic nitrogens is 1. The van der Waals surface area contributed by atoms with Gasteiger partial charge in [0, 0.05) is 49.3 Å². The lowest BCUT2D eigenvalue weighted by atomic mass is 10.1. The van der Waals surface area contributed by atoms with E-state index in [0.29, 0.717) is 45.0 Å². The van der Waals surface area contributed by atoms with Gasteiger partial charge in [0.05, 0.1) is 6.54 Å². The number of likely N-dealkylation sites (tertiary alicyclic amines) is 1. The van der Waals surface area contributed by atoms with Crippen LogP contribution in [0.15, 0.2) is 29.4 Å². The minimum Gasteiger partial charge on any atom is -0.361 e. The molecule has 154 valence electrons. The molecule has 0 aliphatic carbocycles. The van der Waals surface area contributed by atoms with Gasteiger partial charge in [-0.2, -0.15) is 13.2 Å². The molecule has 0 bridgehead atoms. The largest absolute Gasteiger partial charge is 0.401 e. The van der Waals surface area contributed by atoms with Crippen molar-refractivity contribution >= 4 is 16.9 Å². The van der Waals surface area contributed by atoms with E-state index in [9.17, 15) is 17.6 Å². The summed E-state index contributed by atoms with van der Waals surface area (Å²) in [7, 11) is 0. The number of alkyl halides is 3. The van der Waals surface area contributed by atoms with Gasteiger partial charge in [0.2, 0.25) is 0 Å². The number of halogens is 4. The summed E-state index contributed by atoms with van der Waals surface area (Å²) in [4.78, 5) is 9.01. The van der Waals surface area contributed by atoms with Gasteiger partial charge in [0.1, 0.15) is 5.82 Å². The van der Waals surface area contributed by atoms with Gasteiger partial charge in [0.15, 0.2) is 5.96 Å². The molecule has 28 heavy (non-hydrogen) atoms. The predicted octanol–water partition coefficient (Wildman–Crippen LogP) is 3.04. The summed E-state index contributed by atoms with van der Waals surface area (Å²) >= 11 is 0. The Morgan fingerprint density at radius 2 is 2.18 bits per heavy atom. The smallest absolute Gasteiger partial charge is 0.361 e. The monoisotopic (exact) mass is 399 g/mol. The van der Waals surface area contributed by atoms with Crippen molar-refractivity contribution in [1.29, 1.82) is 0 Å². The summed E-state index contributed by atoms with van der Waals surface area (Å²) in [5.41, 5.74) is 1.80. The molecule has 9 heteroatoms. The molecule has 1 aromatic heterocycles. The van der Waals surface area contributed by atoms with E-state index in [1.165, 1.54) is 17.0 Å². The highest BCUT2D eigenvalue weighted by atomic mass is 19.4. The van der Waals surface area contributed by atoms with Gasteiger partial charge in [-0.15, -0.1) is 0 Å². The second-order valence-corrected chi connectivity index (χ2v) is 6.99. The van der Waals surface area contributed by atoms with Gasteiger partial charge in [-0.05, 0) is 43.5 Å². The number of hydrogen-bond acceptors (Lipinski definition) is 2. The lowest BCUT2D eigenvalue weighted by Crippen LogP contribution is -2.45. The quantitative estimate of drug-likeness (QED) is 0.398. The zero-order chi connectivity index (χ0) is 20.1. The molecule has 1 aliphatic rings. The number of hydrogen-bond donors (Lipinski definition) is 3. The molecule has 1 fully saturated rings. The molecule has 3 rings (SSSR count). The minimum atomic E-state index is -4.17. The van der Waals surface area contributed by atoms with Crippen LogP contribution in [-0.2, 0) is 6.42 Å². The topological polar surface area (TPSA) is 55.5 Å². The molecule has 1 aromatic carbocycles. The molecule has 0 amide bonds. The summed E-state index contributed by atoms with van der Waals surface area (Å²) in [6.45, 7) is 3.01. The van der Waals surface area contributed by atoms with Crippen molar-refractivity contribution in [2.75, 3.05) is 32.7 Å². The third-order valence-corrected chi connectivity index (χ3v) is 4.74. The van der Waals surface area contributed by atoms with Crippen LogP contribution in [0, 0.1) is 5.82 Å². The summed E-state index contributed by atoms with van der Waals surface area (Å²) in [6, 6.07) is 4.58. The second kappa shape index (κ2) is 8.81. The Kier molecular flexibility index (Phi) is 6.43. The number of aromatic amines is 1. The molecule has 1 unspecified atom stereocenters. The van der Waals surface area contributed by atoms with E-state index in [4.69, 9.17) is 0 Å². The van der Waals surface area contributed by atoms with Crippen molar-refractivity contribution in [1.82, 2.24) is 20.5 Å². The average Bonchev–Trinajstić information content (AvgIpc) is 3.20. The molecular formula is C19H25F4N5. The zero-order valence-corrected chi connectivity index (χ0v) is 15.7. The van der Waals surface area contributed by atoms with Crippen LogP contribution in [0.25, 0.3) is 10.9 Å². The van der Waals surface area contributed by atoms with E-state index < -0.39 is 12.7 Å². The SMILES string of the molecule is CCNC(=NCCc1c[nH]c2cc(F)ccc12)NC1CCN(CC(F)(F)F)C1. The van der Waals surface area contributed by atoms with E-state index in [2.05, 4.69) is 20.6 Å². The third-order valence-electron chi connectivity index (χ3n) is 4.74. The molecule has 3 N–H and O–H groups in total. The third kappa shape index (κ3) is 5.60. The van der Waals surface area contributed by atoms with E-state index in [-0.39, 0.29) is 11.9 Å². The first-order chi connectivity index (χ1) is 13.3. The standard InChI is InChI=1S/C19H25F4N5/c1-2-24-18(27-15-6-8-28(11-15)12-19(21,22)23)25-7-5-13-10-26-17-9-14(20)3-4-16(13)17/h3-4,9-10,15,26H,2,5-8,11-12H2,1H3,(H2,24,25,27). The summed E-state index contributed by atoms with van der Waals surface area (Å²) < 4.78 is 50.9. The number of nitrogens with one attached hydrogen (secondary N) is 3. The highest BCUT2D eigenvalue weighted by Crippen LogP contribution is 2.21. The number of H-pyrrole nitrogens is 1. The van der Waals surface area contributed by atoms with Crippen LogP contribution in [0.3, 0.4) is 0 Å². The van der Waals surface area contributed by atoms with E-state index in [0.717, 1.165) is 16.5 Å². The molecular weight excluding hydrogens is 374 g/mol. The molecule has 1 saturated heterocycles. The fraction of sp³-hybridized carbons (Fsp3) is 0.526. The van der Waals surface area contributed by atoms with Crippen LogP contribution in [0.2, 0.25) is 0 Å². The minimum absolute atomic E-state index is 0.0591. The van der Waals surface area contributed by atoms with E-state index in [1.807, 2.05) is 13.1 Å². The lowest BCUT2D eigenvalue weighted by Gasteiger charge is -2.19. The Morgan fingerprint density at radius 3 is 2.93 bits per heavy atom. The van der Waals surface area contributed by atoms with Gasteiger partial charge in [0.25, 0.3) is 0 Å². The number of rotatable bonds is 6. The summed E-state index contributed by atoms with van der Waals surface area (Å²) in [6.07, 6.45) is -0.997. The summed E-state index contributed by atoms with van der Waals surface area (Å²) in [5, 5.41) is 7.33. The maximum absolute atomic E-state index is 13.3. The Balaban J connectivity index is 1.55. The highest BCUT2D eigenvalue weighted by Gasteiger charge is 2.34. The van der Waals surface area contributed by atoms with Crippen LogP contribution in [-0.4, -0.2) is 60.8 Å². The first kappa shape index (κ1) is 20.4. The Hall–Kier alpha value is -2.29. The van der Waals surface area contributed by atoms with Crippen molar-refractivity contribution in [3.8, 4) is 0 Å². The first-order valence-corrected chi connectivity index (χ1v) is 9.43. The number of nitrogens with zero attached hydrogens (tertiary/aromatic N) is 2. The van der Waals surface area contributed by atoms with Crippen molar-refractivity contribution in [3.05, 3.63) is 35.8 Å². The summed E-state index contributed by atoms with van der Waals surface area (Å²) in [5.74, 6) is 0.320. The Bertz CT molecular complexity index is 814. The van der Waals surface area contributed by atoms with Crippen molar-refractivity contribution in [3.63, 3.8) is 0 Å². The molecule has 0 saturated carbocycles. The highest BCUT2D eigenvalue weighted by molar-refractivity contribution is 5.83. The lowest BCUT2D eigenvalue weighted by molar-refractivity contribution is -0.143. The number of guanidine groups is 1. The predicted molar refractivity (Wildman–Crippen MR) is 102 cm³/mol. The zero-order valence-electron chi connectivity index (χ0n) is 15.7. The van der Waals surface area contributed by atoms with Gasteiger partial charge < -0.3 is 15.6 Å². The molecule has 5 nitrogen and oxygen atoms in total. The van der Waals surface area contributed by atoms with Crippen LogP contribution in [0.1, 0.15) is 18.9 Å².